The summed E-state index contributed by atoms with van der Waals surface area (Å²) < 4.78 is 5.21. The molecule has 0 heterocycles. The molecule has 19 heavy (non-hydrogen) atoms. The lowest BCUT2D eigenvalue weighted by Crippen LogP contribution is -2.36. The van der Waals surface area contributed by atoms with E-state index in [0.717, 1.165) is 25.4 Å². The maximum absolute atomic E-state index is 5.21. The van der Waals surface area contributed by atoms with Gasteiger partial charge in [-0.05, 0) is 37.2 Å². The van der Waals surface area contributed by atoms with E-state index in [1.165, 1.54) is 5.56 Å². The second-order valence-corrected chi connectivity index (χ2v) is 5.36. The van der Waals surface area contributed by atoms with E-state index in [0.29, 0.717) is 12.0 Å². The van der Waals surface area contributed by atoms with E-state index in [2.05, 4.69) is 43.1 Å². The molecule has 3 heteroatoms. The van der Waals surface area contributed by atoms with Gasteiger partial charge in [0.1, 0.15) is 5.75 Å². The number of rotatable bonds is 8. The van der Waals surface area contributed by atoms with Crippen LogP contribution in [0.25, 0.3) is 0 Å². The SMILES string of the molecule is CCN(CC(C)C)CC(NC)c1ccc(OC)cc1. The van der Waals surface area contributed by atoms with Crippen molar-refractivity contribution in [1.82, 2.24) is 10.2 Å². The Morgan fingerprint density at radius 1 is 1.16 bits per heavy atom. The highest BCUT2D eigenvalue weighted by Crippen LogP contribution is 2.18. The predicted octanol–water partition coefficient (Wildman–Crippen LogP) is 2.93. The summed E-state index contributed by atoms with van der Waals surface area (Å²) in [6.07, 6.45) is 0. The average molecular weight is 264 g/mol. The Labute approximate surface area is 118 Å². The minimum absolute atomic E-state index is 0.365. The van der Waals surface area contributed by atoms with Gasteiger partial charge in [0, 0.05) is 19.1 Å². The van der Waals surface area contributed by atoms with E-state index in [1.54, 1.807) is 7.11 Å². The fourth-order valence-electron chi connectivity index (χ4n) is 2.31. The lowest BCUT2D eigenvalue weighted by Gasteiger charge is -2.28. The second-order valence-electron chi connectivity index (χ2n) is 5.36. The maximum Gasteiger partial charge on any atom is 0.118 e. The van der Waals surface area contributed by atoms with Crippen LogP contribution in [0.2, 0.25) is 0 Å². The second kappa shape index (κ2) is 8.18. The van der Waals surface area contributed by atoms with E-state index >= 15 is 0 Å². The van der Waals surface area contributed by atoms with Crippen LogP contribution in [0.15, 0.2) is 24.3 Å². The Balaban J connectivity index is 2.69. The molecule has 0 aliphatic rings. The zero-order valence-electron chi connectivity index (χ0n) is 12.9. The fraction of sp³-hybridized carbons (Fsp3) is 0.625. The summed E-state index contributed by atoms with van der Waals surface area (Å²) in [5, 5.41) is 3.41. The van der Waals surface area contributed by atoms with Gasteiger partial charge in [0.15, 0.2) is 0 Å². The van der Waals surface area contributed by atoms with Crippen LogP contribution in [-0.2, 0) is 0 Å². The van der Waals surface area contributed by atoms with Crippen molar-refractivity contribution in [3.8, 4) is 5.75 Å². The maximum atomic E-state index is 5.21. The number of hydrogen-bond donors (Lipinski definition) is 1. The van der Waals surface area contributed by atoms with Crippen LogP contribution in [0.4, 0.5) is 0 Å². The standard InChI is InChI=1S/C16H28N2O/c1-6-18(11-13(2)3)12-16(17-4)14-7-9-15(19-5)10-8-14/h7-10,13,16-17H,6,11-12H2,1-5H3. The lowest BCUT2D eigenvalue weighted by atomic mass is 10.1. The van der Waals surface area contributed by atoms with Crippen LogP contribution in [0.1, 0.15) is 32.4 Å². The van der Waals surface area contributed by atoms with E-state index in [9.17, 15) is 0 Å². The first-order chi connectivity index (χ1) is 9.10. The van der Waals surface area contributed by atoms with Gasteiger partial charge in [-0.3, -0.25) is 0 Å². The van der Waals surface area contributed by atoms with Crippen LogP contribution in [0, 0.1) is 5.92 Å². The quantitative estimate of drug-likeness (QED) is 0.781. The van der Waals surface area contributed by atoms with Crippen molar-refractivity contribution in [2.24, 2.45) is 5.92 Å². The fourth-order valence-corrected chi connectivity index (χ4v) is 2.31. The average Bonchev–Trinajstić information content (AvgIpc) is 2.43. The third-order valence-electron chi connectivity index (χ3n) is 3.38. The van der Waals surface area contributed by atoms with Gasteiger partial charge in [-0.25, -0.2) is 0 Å². The summed E-state index contributed by atoms with van der Waals surface area (Å²) in [5.74, 6) is 1.61. The molecule has 108 valence electrons. The van der Waals surface area contributed by atoms with Crippen molar-refractivity contribution in [2.75, 3.05) is 33.8 Å². The van der Waals surface area contributed by atoms with Gasteiger partial charge in [-0.15, -0.1) is 0 Å². The predicted molar refractivity (Wildman–Crippen MR) is 81.7 cm³/mol. The summed E-state index contributed by atoms with van der Waals surface area (Å²) in [6, 6.07) is 8.70. The monoisotopic (exact) mass is 264 g/mol. The van der Waals surface area contributed by atoms with Crippen LogP contribution in [0.5, 0.6) is 5.75 Å². The highest BCUT2D eigenvalue weighted by Gasteiger charge is 2.14. The Kier molecular flexibility index (Phi) is 6.89. The van der Waals surface area contributed by atoms with Gasteiger partial charge in [0.05, 0.1) is 7.11 Å². The van der Waals surface area contributed by atoms with E-state index in [4.69, 9.17) is 4.74 Å². The summed E-state index contributed by atoms with van der Waals surface area (Å²) in [7, 11) is 3.73. The molecule has 1 unspecified atom stereocenters. The van der Waals surface area contributed by atoms with Gasteiger partial charge in [0.2, 0.25) is 0 Å². The van der Waals surface area contributed by atoms with Crippen molar-refractivity contribution in [3.63, 3.8) is 0 Å². The first-order valence-electron chi connectivity index (χ1n) is 7.14. The molecule has 0 saturated carbocycles. The van der Waals surface area contributed by atoms with Crippen LogP contribution >= 0.6 is 0 Å². The smallest absolute Gasteiger partial charge is 0.118 e. The lowest BCUT2D eigenvalue weighted by molar-refractivity contribution is 0.232. The minimum Gasteiger partial charge on any atom is -0.497 e. The van der Waals surface area contributed by atoms with E-state index in [1.807, 2.05) is 19.2 Å². The molecule has 1 N–H and O–H groups in total. The highest BCUT2D eigenvalue weighted by molar-refractivity contribution is 5.29. The summed E-state index contributed by atoms with van der Waals surface area (Å²) >= 11 is 0. The third kappa shape index (κ3) is 5.21. The zero-order valence-corrected chi connectivity index (χ0v) is 12.9. The highest BCUT2D eigenvalue weighted by atomic mass is 16.5. The number of ether oxygens (including phenoxy) is 1. The van der Waals surface area contributed by atoms with Crippen LogP contribution in [-0.4, -0.2) is 38.7 Å². The molecule has 1 atom stereocenters. The number of methoxy groups -OCH3 is 1. The molecule has 0 spiro atoms. The Morgan fingerprint density at radius 2 is 1.79 bits per heavy atom. The minimum atomic E-state index is 0.365. The molecule has 0 aliphatic heterocycles. The molecule has 0 radical (unpaired) electrons. The number of likely N-dealkylation sites (N-methyl/N-ethyl adjacent to an activating group) is 2. The number of nitrogens with one attached hydrogen (secondary N) is 1. The Bertz CT molecular complexity index is 348. The first kappa shape index (κ1) is 16.0. The molecule has 0 bridgehead atoms. The van der Waals surface area contributed by atoms with Gasteiger partial charge >= 0.3 is 0 Å². The van der Waals surface area contributed by atoms with Crippen molar-refractivity contribution in [2.45, 2.75) is 26.8 Å². The Morgan fingerprint density at radius 3 is 2.21 bits per heavy atom. The third-order valence-corrected chi connectivity index (χ3v) is 3.38. The number of benzene rings is 1. The number of hydrogen-bond acceptors (Lipinski definition) is 3. The van der Waals surface area contributed by atoms with Crippen LogP contribution < -0.4 is 10.1 Å². The van der Waals surface area contributed by atoms with Gasteiger partial charge in [-0.1, -0.05) is 32.9 Å². The molecule has 0 aromatic heterocycles. The topological polar surface area (TPSA) is 24.5 Å². The molecule has 1 aromatic rings. The van der Waals surface area contributed by atoms with Crippen LogP contribution in [0.3, 0.4) is 0 Å². The summed E-state index contributed by atoms with van der Waals surface area (Å²) in [6.45, 7) is 10.0. The largest absolute Gasteiger partial charge is 0.497 e. The van der Waals surface area contributed by atoms with Crippen molar-refractivity contribution in [3.05, 3.63) is 29.8 Å². The van der Waals surface area contributed by atoms with E-state index in [-0.39, 0.29) is 0 Å². The first-order valence-corrected chi connectivity index (χ1v) is 7.14. The zero-order chi connectivity index (χ0) is 14.3. The van der Waals surface area contributed by atoms with Gasteiger partial charge in [0.25, 0.3) is 0 Å². The molecule has 0 saturated heterocycles. The van der Waals surface area contributed by atoms with Gasteiger partial charge in [-0.2, -0.15) is 0 Å². The number of nitrogens with zero attached hydrogens (tertiary/aromatic N) is 1. The van der Waals surface area contributed by atoms with E-state index < -0.39 is 0 Å². The molecule has 0 amide bonds. The molecular weight excluding hydrogens is 236 g/mol. The van der Waals surface area contributed by atoms with Crippen molar-refractivity contribution < 1.29 is 4.74 Å². The van der Waals surface area contributed by atoms with Crippen molar-refractivity contribution in [1.29, 1.82) is 0 Å². The summed E-state index contributed by atoms with van der Waals surface area (Å²) in [5.41, 5.74) is 1.31. The van der Waals surface area contributed by atoms with Crippen molar-refractivity contribution >= 4 is 0 Å². The van der Waals surface area contributed by atoms with Gasteiger partial charge < -0.3 is 15.0 Å². The molecule has 0 fully saturated rings. The molecular formula is C16H28N2O. The molecule has 3 nitrogen and oxygen atoms in total. The molecule has 1 rings (SSSR count). The molecule has 1 aromatic carbocycles. The molecule has 0 aliphatic carbocycles. The Hall–Kier alpha value is -1.06. The normalized spacial score (nSPS) is 13.0. The summed E-state index contributed by atoms with van der Waals surface area (Å²) in [4.78, 5) is 2.50.